The summed E-state index contributed by atoms with van der Waals surface area (Å²) in [5, 5.41) is 17.5. The van der Waals surface area contributed by atoms with Gasteiger partial charge in [-0.3, -0.25) is 0 Å². The van der Waals surface area contributed by atoms with Crippen LogP contribution in [0.3, 0.4) is 0 Å². The van der Waals surface area contributed by atoms with Gasteiger partial charge in [0.05, 0.1) is 32.5 Å². The lowest BCUT2D eigenvalue weighted by Crippen LogP contribution is -2.47. The normalized spacial score (nSPS) is 14.6. The van der Waals surface area contributed by atoms with Gasteiger partial charge < -0.3 is 24.4 Å². The number of carbonyl (C=O) groups is 1. The molecule has 0 bridgehead atoms. The zero-order valence-electron chi connectivity index (χ0n) is 22.0. The topological polar surface area (TPSA) is 114 Å². The van der Waals surface area contributed by atoms with Gasteiger partial charge in [0, 0.05) is 12.1 Å². The molecule has 1 aliphatic carbocycles. The summed E-state index contributed by atoms with van der Waals surface area (Å²) >= 11 is 0. The number of H-pyrrole nitrogens is 1. The fourth-order valence-electron chi connectivity index (χ4n) is 4.28. The predicted octanol–water partition coefficient (Wildman–Crippen LogP) is 4.28. The molecule has 2 amide bonds. The molecule has 0 spiro atoms. The Balaban J connectivity index is 1.54. The van der Waals surface area contributed by atoms with Gasteiger partial charge >= 0.3 is 6.03 Å². The molecule has 1 heterocycles. The van der Waals surface area contributed by atoms with Gasteiger partial charge in [-0.2, -0.15) is 5.21 Å². The Morgan fingerprint density at radius 3 is 2.38 bits per heavy atom. The van der Waals surface area contributed by atoms with E-state index in [1.165, 1.54) is 0 Å². The van der Waals surface area contributed by atoms with Crippen LogP contribution in [0.1, 0.15) is 62.2 Å². The number of ether oxygens (including phenoxy) is 3. The quantitative estimate of drug-likeness (QED) is 0.331. The second-order valence-corrected chi connectivity index (χ2v) is 9.16. The van der Waals surface area contributed by atoms with Gasteiger partial charge in [0.1, 0.15) is 17.0 Å². The van der Waals surface area contributed by atoms with Gasteiger partial charge in [-0.1, -0.05) is 35.5 Å². The minimum Gasteiger partial charge on any atom is -0.493 e. The summed E-state index contributed by atoms with van der Waals surface area (Å²) in [4.78, 5) is 15.5. The van der Waals surface area contributed by atoms with E-state index < -0.39 is 5.54 Å². The second-order valence-electron chi connectivity index (χ2n) is 9.16. The van der Waals surface area contributed by atoms with Crippen LogP contribution in [0.5, 0.6) is 11.5 Å². The summed E-state index contributed by atoms with van der Waals surface area (Å²) in [6.45, 7) is 10.2. The Labute approximate surface area is 217 Å². The number of benzene rings is 2. The number of tetrazole rings is 1. The summed E-state index contributed by atoms with van der Waals surface area (Å²) in [7, 11) is 0. The molecule has 1 aliphatic rings. The number of hydrogen-bond acceptors (Lipinski definition) is 7. The van der Waals surface area contributed by atoms with Crippen molar-refractivity contribution in [1.82, 2.24) is 30.8 Å². The van der Waals surface area contributed by atoms with Gasteiger partial charge in [-0.05, 0) is 63.8 Å². The molecule has 0 aliphatic heterocycles. The maximum atomic E-state index is 13.7. The molecule has 0 radical (unpaired) electrons. The van der Waals surface area contributed by atoms with Crippen molar-refractivity contribution in [2.45, 2.75) is 58.7 Å². The van der Waals surface area contributed by atoms with Crippen molar-refractivity contribution in [3.05, 3.63) is 65.0 Å². The van der Waals surface area contributed by atoms with Gasteiger partial charge in [0.15, 0.2) is 5.82 Å². The highest BCUT2D eigenvalue weighted by Crippen LogP contribution is 2.44. The zero-order valence-corrected chi connectivity index (χ0v) is 22.0. The highest BCUT2D eigenvalue weighted by atomic mass is 16.5. The molecule has 1 unspecified atom stereocenters. The Bertz CT molecular complexity index is 1120. The molecule has 1 aromatic heterocycles. The number of nitrogens with zero attached hydrogens (tertiary/aromatic N) is 4. The lowest BCUT2D eigenvalue weighted by atomic mass is 10.0. The highest BCUT2D eigenvalue weighted by Gasteiger charge is 2.50. The molecule has 1 saturated carbocycles. The first-order valence-corrected chi connectivity index (χ1v) is 12.8. The van der Waals surface area contributed by atoms with Crippen molar-refractivity contribution in [2.24, 2.45) is 0 Å². The van der Waals surface area contributed by atoms with E-state index in [1.807, 2.05) is 70.2 Å². The Morgan fingerprint density at radius 1 is 1.14 bits per heavy atom. The van der Waals surface area contributed by atoms with Gasteiger partial charge in [0.25, 0.3) is 0 Å². The average molecular weight is 509 g/mol. The third-order valence-corrected chi connectivity index (χ3v) is 6.60. The lowest BCUT2D eigenvalue weighted by Gasteiger charge is -2.32. The van der Waals surface area contributed by atoms with E-state index in [-0.39, 0.29) is 12.1 Å². The molecule has 2 aromatic carbocycles. The summed E-state index contributed by atoms with van der Waals surface area (Å²) in [5.41, 5.74) is 2.35. The van der Waals surface area contributed by atoms with E-state index in [2.05, 4.69) is 25.9 Å². The van der Waals surface area contributed by atoms with E-state index in [1.54, 1.807) is 4.90 Å². The number of rotatable bonds is 13. The first-order valence-electron chi connectivity index (χ1n) is 12.8. The van der Waals surface area contributed by atoms with Crippen molar-refractivity contribution in [2.75, 3.05) is 26.4 Å². The fraction of sp³-hybridized carbons (Fsp3) is 0.481. The van der Waals surface area contributed by atoms with Crippen LogP contribution in [0.2, 0.25) is 0 Å². The Hall–Kier alpha value is -3.66. The molecule has 3 aromatic rings. The number of amides is 2. The number of hydrogen-bond donors (Lipinski definition) is 2. The van der Waals surface area contributed by atoms with E-state index in [0.717, 1.165) is 41.0 Å². The Kier molecular flexibility index (Phi) is 8.60. The van der Waals surface area contributed by atoms with Gasteiger partial charge in [-0.25, -0.2) is 4.79 Å². The van der Waals surface area contributed by atoms with Crippen molar-refractivity contribution in [1.29, 1.82) is 0 Å². The number of aromatic amines is 1. The van der Waals surface area contributed by atoms with E-state index in [0.29, 0.717) is 38.8 Å². The first kappa shape index (κ1) is 26.4. The van der Waals surface area contributed by atoms with Crippen LogP contribution in [-0.2, 0) is 16.9 Å². The lowest BCUT2D eigenvalue weighted by molar-refractivity contribution is 0.0883. The third kappa shape index (κ3) is 6.37. The van der Waals surface area contributed by atoms with Gasteiger partial charge in [0.2, 0.25) is 0 Å². The number of urea groups is 1. The molecular formula is C27H36N6O4. The van der Waals surface area contributed by atoms with Crippen molar-refractivity contribution >= 4 is 6.03 Å². The van der Waals surface area contributed by atoms with Crippen LogP contribution in [0, 0.1) is 6.92 Å². The fourth-order valence-corrected chi connectivity index (χ4v) is 4.28. The van der Waals surface area contributed by atoms with Gasteiger partial charge in [-0.15, -0.1) is 10.2 Å². The third-order valence-electron chi connectivity index (χ3n) is 6.60. The number of carbonyl (C=O) groups excluding carboxylic acids is 1. The summed E-state index contributed by atoms with van der Waals surface area (Å²) < 4.78 is 17.7. The average Bonchev–Trinajstić information content (AvgIpc) is 3.45. The zero-order chi connectivity index (χ0) is 26.3. The van der Waals surface area contributed by atoms with E-state index in [4.69, 9.17) is 14.2 Å². The van der Waals surface area contributed by atoms with Crippen LogP contribution in [0.25, 0.3) is 0 Å². The second kappa shape index (κ2) is 12.1. The maximum Gasteiger partial charge on any atom is 0.318 e. The number of nitrogens with one attached hydrogen (secondary N) is 2. The molecule has 2 N–H and O–H groups in total. The van der Waals surface area contributed by atoms with Crippen LogP contribution < -0.4 is 14.8 Å². The molecule has 4 rings (SSSR count). The highest BCUT2D eigenvalue weighted by molar-refractivity contribution is 5.76. The molecular weight excluding hydrogens is 472 g/mol. The maximum absolute atomic E-state index is 13.7. The van der Waals surface area contributed by atoms with Crippen molar-refractivity contribution in [3.63, 3.8) is 0 Å². The first-order chi connectivity index (χ1) is 18.0. The largest absolute Gasteiger partial charge is 0.493 e. The Morgan fingerprint density at radius 2 is 1.81 bits per heavy atom. The minimum atomic E-state index is -0.590. The van der Waals surface area contributed by atoms with E-state index >= 15 is 0 Å². The molecule has 198 valence electrons. The SMILES string of the molecule is CCOc1cc(C(C)N(CCOCc2ccccc2)C(=O)NC2(c3nn[nH]n3)CC2)cc(OCC)c1C. The minimum absolute atomic E-state index is 0.213. The summed E-state index contributed by atoms with van der Waals surface area (Å²) in [6.07, 6.45) is 1.52. The summed E-state index contributed by atoms with van der Waals surface area (Å²) in [5.74, 6) is 2.00. The van der Waals surface area contributed by atoms with Crippen LogP contribution in [-0.4, -0.2) is 57.9 Å². The van der Waals surface area contributed by atoms with Crippen LogP contribution in [0.4, 0.5) is 4.79 Å². The summed E-state index contributed by atoms with van der Waals surface area (Å²) in [6, 6.07) is 13.5. The monoisotopic (exact) mass is 508 g/mol. The van der Waals surface area contributed by atoms with Crippen molar-refractivity contribution in [3.8, 4) is 11.5 Å². The molecule has 10 heteroatoms. The molecule has 10 nitrogen and oxygen atoms in total. The standard InChI is InChI=1S/C27H36N6O4/c1-5-36-23-16-22(17-24(19(23)3)37-6-2)20(4)33(14-15-35-18-21-10-8-7-9-11-21)26(34)28-27(12-13-27)25-29-31-32-30-25/h7-11,16-17,20H,5-6,12-15,18H2,1-4H3,(H,28,34)(H,29,30,31,32). The van der Waals surface area contributed by atoms with Crippen LogP contribution in [0.15, 0.2) is 42.5 Å². The predicted molar refractivity (Wildman–Crippen MR) is 138 cm³/mol. The molecule has 37 heavy (non-hydrogen) atoms. The van der Waals surface area contributed by atoms with E-state index in [9.17, 15) is 4.79 Å². The van der Waals surface area contributed by atoms with Crippen molar-refractivity contribution < 1.29 is 19.0 Å². The number of aromatic nitrogens is 4. The smallest absolute Gasteiger partial charge is 0.318 e. The molecule has 1 atom stereocenters. The molecule has 0 saturated heterocycles. The van der Waals surface area contributed by atoms with Crippen LogP contribution >= 0.6 is 0 Å². The molecule has 1 fully saturated rings.